The van der Waals surface area contributed by atoms with E-state index < -0.39 is 5.97 Å². The van der Waals surface area contributed by atoms with Gasteiger partial charge in [0.25, 0.3) is 0 Å². The molecule has 0 aliphatic heterocycles. The van der Waals surface area contributed by atoms with Gasteiger partial charge >= 0.3 is 5.97 Å². The van der Waals surface area contributed by atoms with Gasteiger partial charge in [0.05, 0.1) is 5.69 Å². The number of carbonyl (C=O) groups is 1. The molecule has 0 aliphatic rings. The van der Waals surface area contributed by atoms with Crippen LogP contribution in [0.1, 0.15) is 11.1 Å². The Balaban J connectivity index is 1.80. The molecule has 2 aromatic rings. The van der Waals surface area contributed by atoms with E-state index in [4.69, 9.17) is 15.2 Å². The predicted octanol–water partition coefficient (Wildman–Crippen LogP) is 2.70. The molecule has 0 fully saturated rings. The average Bonchev–Trinajstić information content (AvgIpc) is 2.44. The van der Waals surface area contributed by atoms with E-state index in [9.17, 15) is 4.79 Å². The molecule has 0 atom stereocenters. The molecule has 2 rings (SSSR count). The van der Waals surface area contributed by atoms with Crippen molar-refractivity contribution in [2.75, 3.05) is 12.3 Å². The molecule has 0 bridgehead atoms. The first-order chi connectivity index (χ1) is 9.65. The van der Waals surface area contributed by atoms with Gasteiger partial charge in [-0.1, -0.05) is 42.0 Å². The molecule has 0 spiro atoms. The highest BCUT2D eigenvalue weighted by molar-refractivity contribution is 5.71. The summed E-state index contributed by atoms with van der Waals surface area (Å²) in [7, 11) is 0. The van der Waals surface area contributed by atoms with Gasteiger partial charge in [0.1, 0.15) is 12.4 Å². The highest BCUT2D eigenvalue weighted by atomic mass is 16.6. The number of hydrogen-bond donors (Lipinski definition) is 1. The van der Waals surface area contributed by atoms with E-state index in [1.54, 1.807) is 24.3 Å². The van der Waals surface area contributed by atoms with Gasteiger partial charge < -0.3 is 15.2 Å². The minimum absolute atomic E-state index is 0.153. The van der Waals surface area contributed by atoms with Crippen molar-refractivity contribution in [3.63, 3.8) is 0 Å². The highest BCUT2D eigenvalue weighted by Crippen LogP contribution is 2.19. The maximum atomic E-state index is 11.6. The lowest BCUT2D eigenvalue weighted by molar-refractivity contribution is -0.147. The Kier molecular flexibility index (Phi) is 4.60. The topological polar surface area (TPSA) is 61.5 Å². The Hall–Kier alpha value is -2.49. The fourth-order valence-corrected chi connectivity index (χ4v) is 1.76. The Bertz CT molecular complexity index is 596. The Morgan fingerprint density at radius 1 is 1.15 bits per heavy atom. The summed E-state index contributed by atoms with van der Waals surface area (Å²) in [5.41, 5.74) is 8.30. The van der Waals surface area contributed by atoms with E-state index in [0.29, 0.717) is 11.4 Å². The summed E-state index contributed by atoms with van der Waals surface area (Å²) < 4.78 is 10.5. The summed E-state index contributed by atoms with van der Waals surface area (Å²) >= 11 is 0. The summed E-state index contributed by atoms with van der Waals surface area (Å²) in [6, 6.07) is 14.8. The molecule has 0 aromatic heterocycles. The normalized spacial score (nSPS) is 10.1. The number of benzene rings is 2. The fraction of sp³-hybridized carbons (Fsp3) is 0.188. The Morgan fingerprint density at radius 3 is 2.70 bits per heavy atom. The molecule has 0 aliphatic carbocycles. The zero-order chi connectivity index (χ0) is 14.4. The Morgan fingerprint density at radius 2 is 1.95 bits per heavy atom. The van der Waals surface area contributed by atoms with Crippen LogP contribution in [0, 0.1) is 6.92 Å². The number of esters is 1. The van der Waals surface area contributed by atoms with Gasteiger partial charge in [-0.2, -0.15) is 0 Å². The molecule has 20 heavy (non-hydrogen) atoms. The van der Waals surface area contributed by atoms with Crippen LogP contribution in [-0.4, -0.2) is 12.6 Å². The summed E-state index contributed by atoms with van der Waals surface area (Å²) in [4.78, 5) is 11.6. The van der Waals surface area contributed by atoms with E-state index in [-0.39, 0.29) is 13.2 Å². The van der Waals surface area contributed by atoms with Crippen molar-refractivity contribution >= 4 is 11.7 Å². The quantitative estimate of drug-likeness (QED) is 0.671. The molecule has 2 aromatic carbocycles. The molecule has 4 nitrogen and oxygen atoms in total. The van der Waals surface area contributed by atoms with Crippen LogP contribution in [0.25, 0.3) is 0 Å². The van der Waals surface area contributed by atoms with Crippen molar-refractivity contribution in [1.82, 2.24) is 0 Å². The lowest BCUT2D eigenvalue weighted by Crippen LogP contribution is -2.15. The maximum Gasteiger partial charge on any atom is 0.344 e. The average molecular weight is 271 g/mol. The predicted molar refractivity (Wildman–Crippen MR) is 77.3 cm³/mol. The number of rotatable bonds is 5. The molecule has 0 saturated carbocycles. The maximum absolute atomic E-state index is 11.6. The van der Waals surface area contributed by atoms with E-state index in [1.807, 2.05) is 31.2 Å². The van der Waals surface area contributed by atoms with E-state index in [1.165, 1.54) is 0 Å². The van der Waals surface area contributed by atoms with E-state index in [0.717, 1.165) is 11.1 Å². The van der Waals surface area contributed by atoms with Gasteiger partial charge in [-0.3, -0.25) is 0 Å². The smallest absolute Gasteiger partial charge is 0.344 e. The summed E-state index contributed by atoms with van der Waals surface area (Å²) in [6.07, 6.45) is 0. The van der Waals surface area contributed by atoms with Crippen LogP contribution < -0.4 is 10.5 Å². The molecule has 104 valence electrons. The van der Waals surface area contributed by atoms with Gasteiger partial charge in [-0.25, -0.2) is 4.79 Å². The van der Waals surface area contributed by atoms with Crippen LogP contribution in [0.3, 0.4) is 0 Å². The second kappa shape index (κ2) is 6.61. The molecular weight excluding hydrogens is 254 g/mol. The lowest BCUT2D eigenvalue weighted by Gasteiger charge is -2.09. The third-order valence-electron chi connectivity index (χ3n) is 2.75. The molecule has 0 radical (unpaired) electrons. The van der Waals surface area contributed by atoms with Crippen molar-refractivity contribution in [3.05, 3.63) is 59.7 Å². The zero-order valence-electron chi connectivity index (χ0n) is 11.3. The number of hydrogen-bond acceptors (Lipinski definition) is 4. The number of aryl methyl sites for hydroxylation is 1. The van der Waals surface area contributed by atoms with Crippen molar-refractivity contribution in [3.8, 4) is 5.75 Å². The molecule has 4 heteroatoms. The van der Waals surface area contributed by atoms with Gasteiger partial charge in [0.15, 0.2) is 6.61 Å². The third-order valence-corrected chi connectivity index (χ3v) is 2.75. The molecule has 0 unspecified atom stereocenters. The Labute approximate surface area is 118 Å². The number of para-hydroxylation sites is 2. The fourth-order valence-electron chi connectivity index (χ4n) is 1.76. The van der Waals surface area contributed by atoms with Gasteiger partial charge in [-0.15, -0.1) is 0 Å². The molecule has 0 heterocycles. The van der Waals surface area contributed by atoms with Crippen molar-refractivity contribution in [2.24, 2.45) is 0 Å². The van der Waals surface area contributed by atoms with Crippen molar-refractivity contribution in [1.29, 1.82) is 0 Å². The van der Waals surface area contributed by atoms with Crippen LogP contribution in [0.15, 0.2) is 48.5 Å². The number of anilines is 1. The number of nitrogen functional groups attached to an aromatic ring is 1. The summed E-state index contributed by atoms with van der Waals surface area (Å²) in [6.45, 7) is 2.08. The first-order valence-corrected chi connectivity index (χ1v) is 6.33. The van der Waals surface area contributed by atoms with E-state index in [2.05, 4.69) is 0 Å². The standard InChI is InChI=1S/C16H17NO3/c1-12-5-4-6-13(9-12)10-20-16(18)11-19-15-8-3-2-7-14(15)17/h2-9H,10-11,17H2,1H3. The van der Waals surface area contributed by atoms with Gasteiger partial charge in [-0.05, 0) is 24.6 Å². The van der Waals surface area contributed by atoms with Crippen LogP contribution in [-0.2, 0) is 16.1 Å². The minimum atomic E-state index is -0.422. The summed E-state index contributed by atoms with van der Waals surface area (Å²) in [5.74, 6) is 0.0646. The summed E-state index contributed by atoms with van der Waals surface area (Å²) in [5, 5.41) is 0. The minimum Gasteiger partial charge on any atom is -0.480 e. The van der Waals surface area contributed by atoms with Crippen LogP contribution in [0.2, 0.25) is 0 Å². The number of nitrogens with two attached hydrogens (primary N) is 1. The number of ether oxygens (including phenoxy) is 2. The van der Waals surface area contributed by atoms with E-state index >= 15 is 0 Å². The van der Waals surface area contributed by atoms with Gasteiger partial charge in [0.2, 0.25) is 0 Å². The molecule has 0 amide bonds. The third kappa shape index (κ3) is 4.02. The van der Waals surface area contributed by atoms with Crippen LogP contribution in [0.4, 0.5) is 5.69 Å². The molecule has 2 N–H and O–H groups in total. The largest absolute Gasteiger partial charge is 0.480 e. The number of carbonyl (C=O) groups excluding carboxylic acids is 1. The van der Waals surface area contributed by atoms with Crippen molar-refractivity contribution < 1.29 is 14.3 Å². The first-order valence-electron chi connectivity index (χ1n) is 6.33. The van der Waals surface area contributed by atoms with Crippen molar-refractivity contribution in [2.45, 2.75) is 13.5 Å². The SMILES string of the molecule is Cc1cccc(COC(=O)COc2ccccc2N)c1. The zero-order valence-corrected chi connectivity index (χ0v) is 11.3. The second-order valence-corrected chi connectivity index (χ2v) is 4.48. The monoisotopic (exact) mass is 271 g/mol. The lowest BCUT2D eigenvalue weighted by atomic mass is 10.1. The molecular formula is C16H17NO3. The second-order valence-electron chi connectivity index (χ2n) is 4.48. The molecule has 0 saturated heterocycles. The van der Waals surface area contributed by atoms with Crippen LogP contribution >= 0.6 is 0 Å². The van der Waals surface area contributed by atoms with Gasteiger partial charge in [0, 0.05) is 0 Å². The van der Waals surface area contributed by atoms with Crippen LogP contribution in [0.5, 0.6) is 5.75 Å². The first kappa shape index (κ1) is 13.9. The highest BCUT2D eigenvalue weighted by Gasteiger charge is 2.06.